The Labute approximate surface area is 167 Å². The van der Waals surface area contributed by atoms with E-state index in [9.17, 15) is 15.2 Å². The molecule has 0 aliphatic carbocycles. The van der Waals surface area contributed by atoms with Crippen LogP contribution in [0.3, 0.4) is 0 Å². The molecule has 3 aromatic rings. The van der Waals surface area contributed by atoms with Gasteiger partial charge in [0.1, 0.15) is 12.1 Å². The number of pyridine rings is 1. The third-order valence-electron chi connectivity index (χ3n) is 4.24. The van der Waals surface area contributed by atoms with Gasteiger partial charge in [0.15, 0.2) is 11.6 Å². The minimum atomic E-state index is -1.11. The Bertz CT molecular complexity index is 1050. The number of rotatable bonds is 7. The lowest BCUT2D eigenvalue weighted by atomic mass is 10.1. The second-order valence-electron chi connectivity index (χ2n) is 7.23. The van der Waals surface area contributed by atoms with Crippen molar-refractivity contribution in [3.8, 4) is 11.8 Å². The lowest BCUT2D eigenvalue weighted by Crippen LogP contribution is -2.50. The van der Waals surface area contributed by atoms with Crippen LogP contribution in [0.2, 0.25) is 0 Å². The maximum atomic E-state index is 12.5. The van der Waals surface area contributed by atoms with Crippen LogP contribution in [0.15, 0.2) is 42.6 Å². The van der Waals surface area contributed by atoms with Gasteiger partial charge in [0, 0.05) is 12.3 Å². The molecule has 2 aromatic heterocycles. The van der Waals surface area contributed by atoms with E-state index < -0.39 is 17.5 Å². The van der Waals surface area contributed by atoms with Crippen molar-refractivity contribution in [3.63, 3.8) is 0 Å². The van der Waals surface area contributed by atoms with Crippen LogP contribution in [0, 0.1) is 11.3 Å². The first-order valence-electron chi connectivity index (χ1n) is 8.99. The SMILES string of the molecule is CC(C)(N)C(=O)N[C@H](COCc1ccccc1)c1nnc2c(O)cc(C#N)cn12. The number of carbonyl (C=O) groups excluding carboxylic acids is 1. The summed E-state index contributed by atoms with van der Waals surface area (Å²) in [4.78, 5) is 12.5. The van der Waals surface area contributed by atoms with Gasteiger partial charge in [-0.1, -0.05) is 30.3 Å². The molecule has 0 fully saturated rings. The van der Waals surface area contributed by atoms with Crippen molar-refractivity contribution < 1.29 is 14.6 Å². The van der Waals surface area contributed by atoms with Crippen LogP contribution in [0.4, 0.5) is 0 Å². The maximum Gasteiger partial charge on any atom is 0.240 e. The molecule has 0 bridgehead atoms. The van der Waals surface area contributed by atoms with Crippen LogP contribution >= 0.6 is 0 Å². The van der Waals surface area contributed by atoms with Crippen molar-refractivity contribution in [2.45, 2.75) is 32.0 Å². The second kappa shape index (κ2) is 8.26. The fourth-order valence-corrected chi connectivity index (χ4v) is 2.69. The minimum Gasteiger partial charge on any atom is -0.504 e. The summed E-state index contributed by atoms with van der Waals surface area (Å²) in [6.07, 6.45) is 1.49. The van der Waals surface area contributed by atoms with Crippen molar-refractivity contribution >= 4 is 11.6 Å². The highest BCUT2D eigenvalue weighted by Crippen LogP contribution is 2.22. The van der Waals surface area contributed by atoms with Gasteiger partial charge in [0.05, 0.1) is 24.3 Å². The van der Waals surface area contributed by atoms with Crippen LogP contribution in [0.1, 0.15) is 36.8 Å². The molecule has 0 aliphatic rings. The largest absolute Gasteiger partial charge is 0.504 e. The van der Waals surface area contributed by atoms with E-state index in [2.05, 4.69) is 15.5 Å². The number of benzene rings is 1. The molecule has 150 valence electrons. The summed E-state index contributed by atoms with van der Waals surface area (Å²) in [5, 5.41) is 30.2. The number of aromatic hydroxyl groups is 1. The summed E-state index contributed by atoms with van der Waals surface area (Å²) in [7, 11) is 0. The number of hydrogen-bond acceptors (Lipinski definition) is 7. The van der Waals surface area contributed by atoms with Crippen LogP contribution < -0.4 is 11.1 Å². The molecular weight excluding hydrogens is 372 g/mol. The zero-order valence-electron chi connectivity index (χ0n) is 16.2. The number of amides is 1. The van der Waals surface area contributed by atoms with Gasteiger partial charge < -0.3 is 20.9 Å². The Balaban J connectivity index is 1.90. The number of aromatic nitrogens is 3. The normalized spacial score (nSPS) is 12.5. The number of nitrogens with one attached hydrogen (secondary N) is 1. The third kappa shape index (κ3) is 4.68. The summed E-state index contributed by atoms with van der Waals surface area (Å²) in [6.45, 7) is 3.61. The average Bonchev–Trinajstić information content (AvgIpc) is 3.11. The molecule has 0 unspecified atom stereocenters. The molecule has 0 spiro atoms. The van der Waals surface area contributed by atoms with Crippen molar-refractivity contribution in [1.82, 2.24) is 19.9 Å². The molecule has 1 atom stereocenters. The number of nitrogens with zero attached hydrogens (tertiary/aromatic N) is 4. The molecule has 4 N–H and O–H groups in total. The molecule has 0 saturated heterocycles. The number of carbonyl (C=O) groups is 1. The topological polar surface area (TPSA) is 139 Å². The summed E-state index contributed by atoms with van der Waals surface area (Å²) in [5.74, 6) is -0.265. The van der Waals surface area contributed by atoms with E-state index in [1.807, 2.05) is 36.4 Å². The fourth-order valence-electron chi connectivity index (χ4n) is 2.69. The van der Waals surface area contributed by atoms with E-state index in [0.29, 0.717) is 12.4 Å². The smallest absolute Gasteiger partial charge is 0.240 e. The predicted octanol–water partition coefficient (Wildman–Crippen LogP) is 1.42. The molecule has 9 nitrogen and oxygen atoms in total. The van der Waals surface area contributed by atoms with Gasteiger partial charge in [-0.15, -0.1) is 10.2 Å². The minimum absolute atomic E-state index is 0.0923. The molecule has 1 aromatic carbocycles. The Kier molecular flexibility index (Phi) is 5.77. The van der Waals surface area contributed by atoms with Gasteiger partial charge in [0.2, 0.25) is 11.6 Å². The van der Waals surface area contributed by atoms with Gasteiger partial charge in [-0.05, 0) is 19.4 Å². The quantitative estimate of drug-likeness (QED) is 0.551. The van der Waals surface area contributed by atoms with Crippen molar-refractivity contribution in [2.24, 2.45) is 5.73 Å². The van der Waals surface area contributed by atoms with E-state index in [0.717, 1.165) is 5.56 Å². The van der Waals surface area contributed by atoms with Crippen LogP contribution in [-0.2, 0) is 16.1 Å². The maximum absolute atomic E-state index is 12.5. The van der Waals surface area contributed by atoms with Gasteiger partial charge in [-0.25, -0.2) is 0 Å². The van der Waals surface area contributed by atoms with Gasteiger partial charge in [0.25, 0.3) is 0 Å². The first-order chi connectivity index (χ1) is 13.8. The molecular formula is C20H22N6O3. The number of nitriles is 1. The average molecular weight is 394 g/mol. The van der Waals surface area contributed by atoms with Gasteiger partial charge in [-0.3, -0.25) is 9.20 Å². The zero-order chi connectivity index (χ0) is 21.0. The van der Waals surface area contributed by atoms with Crippen molar-refractivity contribution in [3.05, 3.63) is 59.5 Å². The van der Waals surface area contributed by atoms with Crippen molar-refractivity contribution in [1.29, 1.82) is 5.26 Å². The summed E-state index contributed by atoms with van der Waals surface area (Å²) in [5.41, 5.74) is 6.17. The van der Waals surface area contributed by atoms with Crippen LogP contribution in [0.5, 0.6) is 5.75 Å². The molecule has 0 aliphatic heterocycles. The van der Waals surface area contributed by atoms with E-state index in [4.69, 9.17) is 10.5 Å². The van der Waals surface area contributed by atoms with Crippen molar-refractivity contribution in [2.75, 3.05) is 6.61 Å². The monoisotopic (exact) mass is 394 g/mol. The molecule has 0 saturated carbocycles. The molecule has 3 rings (SSSR count). The number of ether oxygens (including phenoxy) is 1. The Morgan fingerprint density at radius 3 is 2.76 bits per heavy atom. The summed E-state index contributed by atoms with van der Waals surface area (Å²) in [6, 6.07) is 12.2. The Morgan fingerprint density at radius 2 is 2.10 bits per heavy atom. The molecule has 2 heterocycles. The van der Waals surface area contributed by atoms with E-state index in [1.165, 1.54) is 16.7 Å². The van der Waals surface area contributed by atoms with Gasteiger partial charge in [-0.2, -0.15) is 5.26 Å². The Hall–Kier alpha value is -3.48. The van der Waals surface area contributed by atoms with Gasteiger partial charge >= 0.3 is 0 Å². The lowest BCUT2D eigenvalue weighted by molar-refractivity contribution is -0.126. The van der Waals surface area contributed by atoms with Crippen LogP contribution in [-0.4, -0.2) is 37.8 Å². The second-order valence-corrected chi connectivity index (χ2v) is 7.23. The number of fused-ring (bicyclic) bond motifs is 1. The number of nitrogens with two attached hydrogens (primary N) is 1. The molecule has 9 heteroatoms. The van der Waals surface area contributed by atoms with E-state index in [1.54, 1.807) is 13.8 Å². The zero-order valence-corrected chi connectivity index (χ0v) is 16.2. The lowest BCUT2D eigenvalue weighted by Gasteiger charge is -2.23. The molecule has 0 radical (unpaired) electrons. The highest BCUT2D eigenvalue weighted by Gasteiger charge is 2.28. The molecule has 29 heavy (non-hydrogen) atoms. The number of hydrogen-bond donors (Lipinski definition) is 3. The third-order valence-corrected chi connectivity index (χ3v) is 4.24. The first kappa shape index (κ1) is 20.3. The highest BCUT2D eigenvalue weighted by molar-refractivity contribution is 5.85. The molecule has 1 amide bonds. The predicted molar refractivity (Wildman–Crippen MR) is 105 cm³/mol. The fraction of sp³-hybridized carbons (Fsp3) is 0.300. The van der Waals surface area contributed by atoms with E-state index >= 15 is 0 Å². The summed E-state index contributed by atoms with van der Waals surface area (Å²) >= 11 is 0. The highest BCUT2D eigenvalue weighted by atomic mass is 16.5. The van der Waals surface area contributed by atoms with Crippen LogP contribution in [0.25, 0.3) is 5.65 Å². The Morgan fingerprint density at radius 1 is 1.38 bits per heavy atom. The first-order valence-corrected chi connectivity index (χ1v) is 8.99. The van der Waals surface area contributed by atoms with E-state index in [-0.39, 0.29) is 23.6 Å². The summed E-state index contributed by atoms with van der Waals surface area (Å²) < 4.78 is 7.26. The standard InChI is InChI=1S/C20H22N6O3/c1-20(2,22)19(28)23-15(12-29-11-13-6-4-3-5-7-13)17-24-25-18-16(27)8-14(9-21)10-26(17)18/h3-8,10,15,27H,11-12,22H2,1-2H3,(H,23,28)/t15-/m1/s1.